The zero-order valence-corrected chi connectivity index (χ0v) is 31.2. The maximum atomic E-state index is 12.5. The molecule has 46 heavy (non-hydrogen) atoms. The summed E-state index contributed by atoms with van der Waals surface area (Å²) in [6.07, 6.45) is 37.4. The first-order valence-electron chi connectivity index (χ1n) is 17.2. The summed E-state index contributed by atoms with van der Waals surface area (Å²) in [7, 11) is 0. The van der Waals surface area contributed by atoms with Crippen LogP contribution < -0.4 is 0 Å². The van der Waals surface area contributed by atoms with E-state index in [4.69, 9.17) is 0 Å². The van der Waals surface area contributed by atoms with Crippen molar-refractivity contribution in [3.63, 3.8) is 0 Å². The molecule has 0 bridgehead atoms. The molecular formula is C44H64O2. The summed E-state index contributed by atoms with van der Waals surface area (Å²) in [5.41, 5.74) is 9.09. The van der Waals surface area contributed by atoms with Crippen molar-refractivity contribution in [2.75, 3.05) is 0 Å². The van der Waals surface area contributed by atoms with Crippen LogP contribution >= 0.6 is 0 Å². The van der Waals surface area contributed by atoms with Gasteiger partial charge in [0.25, 0.3) is 0 Å². The Bertz CT molecular complexity index is 1330. The van der Waals surface area contributed by atoms with E-state index < -0.39 is 6.10 Å². The Morgan fingerprint density at radius 1 is 0.739 bits per heavy atom. The largest absolute Gasteiger partial charge is 0.385 e. The monoisotopic (exact) mass is 624 g/mol. The van der Waals surface area contributed by atoms with E-state index in [2.05, 4.69) is 153 Å². The van der Waals surface area contributed by atoms with Crippen LogP contribution in [0.5, 0.6) is 0 Å². The smallest absolute Gasteiger partial charge is 0.187 e. The van der Waals surface area contributed by atoms with E-state index in [0.29, 0.717) is 12.8 Å². The average Bonchev–Trinajstić information content (AvgIpc) is 3.00. The van der Waals surface area contributed by atoms with Crippen LogP contribution in [0.25, 0.3) is 0 Å². The second kappa shape index (κ2) is 23.8. The van der Waals surface area contributed by atoms with Gasteiger partial charge in [0.05, 0.1) is 0 Å². The van der Waals surface area contributed by atoms with E-state index in [-0.39, 0.29) is 11.2 Å². The second-order valence-electron chi connectivity index (χ2n) is 12.7. The normalized spacial score (nSPS) is 18.9. The van der Waals surface area contributed by atoms with E-state index in [1.165, 1.54) is 22.3 Å². The van der Waals surface area contributed by atoms with Gasteiger partial charge in [-0.05, 0) is 84.6 Å². The van der Waals surface area contributed by atoms with Crippen LogP contribution in [0, 0.1) is 5.41 Å². The molecule has 1 aliphatic rings. The number of Topliss-reactive ketones (excluding diaryl/α,β-unsaturated/α-hetero) is 1. The van der Waals surface area contributed by atoms with Crippen LogP contribution in [0.15, 0.2) is 142 Å². The fourth-order valence-electron chi connectivity index (χ4n) is 4.93. The molecule has 252 valence electrons. The molecule has 0 amide bonds. The summed E-state index contributed by atoms with van der Waals surface area (Å²) in [6, 6.07) is 0. The molecule has 1 N–H and O–H groups in total. The molecule has 2 nitrogen and oxygen atoms in total. The summed E-state index contributed by atoms with van der Waals surface area (Å²) in [5, 5.41) is 10.2. The lowest BCUT2D eigenvalue weighted by Gasteiger charge is -2.35. The van der Waals surface area contributed by atoms with Gasteiger partial charge in [-0.2, -0.15) is 0 Å². The number of aliphatic hydroxyl groups excluding tert-OH is 1. The lowest BCUT2D eigenvalue weighted by Crippen LogP contribution is -2.36. The van der Waals surface area contributed by atoms with Gasteiger partial charge in [-0.3, -0.25) is 4.79 Å². The van der Waals surface area contributed by atoms with Crippen molar-refractivity contribution in [2.24, 2.45) is 5.41 Å². The van der Waals surface area contributed by atoms with Crippen LogP contribution in [-0.2, 0) is 4.79 Å². The summed E-state index contributed by atoms with van der Waals surface area (Å²) >= 11 is 0. The maximum absolute atomic E-state index is 12.5. The molecule has 1 rings (SSSR count). The van der Waals surface area contributed by atoms with Gasteiger partial charge < -0.3 is 5.11 Å². The number of allylic oxidation sites excluding steroid dienone is 23. The highest BCUT2D eigenvalue weighted by Crippen LogP contribution is 2.40. The first-order chi connectivity index (χ1) is 21.8. The van der Waals surface area contributed by atoms with Crippen molar-refractivity contribution in [3.8, 4) is 0 Å². The number of ketones is 1. The Morgan fingerprint density at radius 3 is 1.65 bits per heavy atom. The third-order valence-corrected chi connectivity index (χ3v) is 7.65. The van der Waals surface area contributed by atoms with E-state index in [1.807, 2.05) is 26.8 Å². The van der Waals surface area contributed by atoms with Crippen molar-refractivity contribution in [2.45, 2.75) is 121 Å². The van der Waals surface area contributed by atoms with E-state index in [0.717, 1.165) is 41.6 Å². The lowest BCUT2D eigenvalue weighted by atomic mass is 9.70. The molecule has 0 aliphatic heterocycles. The minimum absolute atomic E-state index is 0.127. The quantitative estimate of drug-likeness (QED) is 0.145. The number of aliphatic hydroxyl groups is 1. The van der Waals surface area contributed by atoms with Crippen molar-refractivity contribution < 1.29 is 9.90 Å². The third kappa shape index (κ3) is 17.9. The Labute approximate surface area is 283 Å². The Balaban J connectivity index is 0.00000991. The number of carbonyl (C=O) groups excluding carboxylic acids is 1. The summed E-state index contributed by atoms with van der Waals surface area (Å²) in [4.78, 5) is 12.5. The predicted molar refractivity (Wildman–Crippen MR) is 206 cm³/mol. The Morgan fingerprint density at radius 2 is 1.20 bits per heavy atom. The van der Waals surface area contributed by atoms with Gasteiger partial charge >= 0.3 is 0 Å². The molecule has 0 saturated carbocycles. The van der Waals surface area contributed by atoms with Crippen LogP contribution in [0.4, 0.5) is 0 Å². The van der Waals surface area contributed by atoms with Gasteiger partial charge in [0.2, 0.25) is 0 Å². The fraction of sp³-hybridized carbons (Fsp3) is 0.432. The van der Waals surface area contributed by atoms with E-state index in [9.17, 15) is 9.90 Å². The minimum Gasteiger partial charge on any atom is -0.385 e. The van der Waals surface area contributed by atoms with Crippen LogP contribution in [-0.4, -0.2) is 17.0 Å². The number of carbonyl (C=O) groups is 1. The zero-order chi connectivity index (χ0) is 35.1. The molecule has 1 aliphatic carbocycles. The Hall–Kier alpha value is -3.49. The molecular weight excluding hydrogens is 560 g/mol. The first kappa shape index (κ1) is 42.5. The first-order valence-corrected chi connectivity index (χ1v) is 17.2. The molecule has 0 fully saturated rings. The average molecular weight is 625 g/mol. The highest BCUT2D eigenvalue weighted by Gasteiger charge is 2.37. The van der Waals surface area contributed by atoms with Crippen molar-refractivity contribution in [1.29, 1.82) is 0 Å². The molecule has 0 saturated heterocycles. The molecule has 2 heteroatoms. The van der Waals surface area contributed by atoms with Gasteiger partial charge in [0.15, 0.2) is 5.78 Å². The van der Waals surface area contributed by atoms with Gasteiger partial charge in [-0.1, -0.05) is 172 Å². The van der Waals surface area contributed by atoms with E-state index >= 15 is 0 Å². The van der Waals surface area contributed by atoms with Gasteiger partial charge in [-0.25, -0.2) is 0 Å². The highest BCUT2D eigenvalue weighted by atomic mass is 16.3. The van der Waals surface area contributed by atoms with Gasteiger partial charge in [0, 0.05) is 5.57 Å². The molecule has 0 radical (unpaired) electrons. The zero-order valence-electron chi connectivity index (χ0n) is 31.2. The molecule has 0 heterocycles. The van der Waals surface area contributed by atoms with Crippen LogP contribution in [0.2, 0.25) is 0 Å². The standard InChI is InChI=1S/C42H58O2.C2H6/c1-11-37(27-15-19-32(3)4)28-18-26-35(7)24-16-22-33(5)20-13-14-21-34(6)23-17-25-36(8)29-30-39-38(12-2)41(44)40(43)31-42(39,9)10;1-2/h13-14,16-26,28-30,40,43H,11-12,15,27,31H2,1-10H3;1-2H3/b14-13+,22-16+,23-17+,26-18+,30-29+,33-20+,34-21+,35-24+,36-25+,37-28+;. The molecule has 1 unspecified atom stereocenters. The topological polar surface area (TPSA) is 37.3 Å². The van der Waals surface area contributed by atoms with Crippen molar-refractivity contribution >= 4 is 5.78 Å². The second-order valence-corrected chi connectivity index (χ2v) is 12.7. The number of rotatable bonds is 15. The molecule has 0 spiro atoms. The molecule has 0 aromatic carbocycles. The van der Waals surface area contributed by atoms with Crippen molar-refractivity contribution in [1.82, 2.24) is 0 Å². The number of hydrogen-bond donors (Lipinski definition) is 1. The predicted octanol–water partition coefficient (Wildman–Crippen LogP) is 12.7. The van der Waals surface area contributed by atoms with Crippen LogP contribution in [0.3, 0.4) is 0 Å². The van der Waals surface area contributed by atoms with E-state index in [1.54, 1.807) is 0 Å². The molecule has 1 atom stereocenters. The fourth-order valence-corrected chi connectivity index (χ4v) is 4.93. The molecule has 0 aromatic heterocycles. The van der Waals surface area contributed by atoms with Gasteiger partial charge in [0.1, 0.15) is 6.10 Å². The minimum atomic E-state index is -0.889. The summed E-state index contributed by atoms with van der Waals surface area (Å²) < 4.78 is 0. The number of hydrogen-bond acceptors (Lipinski definition) is 2. The lowest BCUT2D eigenvalue weighted by molar-refractivity contribution is -0.125. The summed E-state index contributed by atoms with van der Waals surface area (Å²) in [6.45, 7) is 25.1. The third-order valence-electron chi connectivity index (χ3n) is 7.65. The molecule has 0 aromatic rings. The maximum Gasteiger partial charge on any atom is 0.187 e. The van der Waals surface area contributed by atoms with Crippen molar-refractivity contribution in [3.05, 3.63) is 142 Å². The van der Waals surface area contributed by atoms with Gasteiger partial charge in [-0.15, -0.1) is 0 Å². The summed E-state index contributed by atoms with van der Waals surface area (Å²) in [5.74, 6) is -0.127. The Kier molecular flexibility index (Phi) is 22.0. The SMILES string of the molecule is CC.CCC1=C(/C=C/C(C)=C/C=C/C(C)=C/C=C/C=C(C)/C=C/C=C(C)/C=C/C=C(\CC)CCC=C(C)C)C(C)(C)CC(O)C1=O. The highest BCUT2D eigenvalue weighted by molar-refractivity contribution is 6.01. The van der Waals surface area contributed by atoms with Crippen LogP contribution in [0.1, 0.15) is 115 Å².